The number of hydrogen-bond donors (Lipinski definition) is 0. The molecule has 0 saturated heterocycles. The van der Waals surface area contributed by atoms with E-state index in [4.69, 9.17) is 17.7 Å². The van der Waals surface area contributed by atoms with Crippen molar-refractivity contribution in [2.75, 3.05) is 0 Å². The van der Waals surface area contributed by atoms with Gasteiger partial charge in [0.1, 0.15) is 44.7 Å². The Kier molecular flexibility index (Phi) is 5.78. The number of para-hydroxylation sites is 4. The summed E-state index contributed by atoms with van der Waals surface area (Å²) in [6.07, 6.45) is 0. The van der Waals surface area contributed by atoms with Crippen LogP contribution >= 0.6 is 0 Å². The summed E-state index contributed by atoms with van der Waals surface area (Å²) in [5, 5.41) is 17.9. The molecule has 8 aromatic carbocycles. The van der Waals surface area contributed by atoms with Gasteiger partial charge in [0.25, 0.3) is 0 Å². The van der Waals surface area contributed by atoms with Gasteiger partial charge >= 0.3 is 0 Å². The highest BCUT2D eigenvalue weighted by Crippen LogP contribution is 2.49. The van der Waals surface area contributed by atoms with Gasteiger partial charge in [0.05, 0.1) is 22.8 Å². The summed E-state index contributed by atoms with van der Waals surface area (Å²) in [4.78, 5) is 0. The molecule has 4 aromatic heterocycles. The maximum Gasteiger partial charge on any atom is 0.147 e. The summed E-state index contributed by atoms with van der Waals surface area (Å²) in [5.41, 5.74) is 12.3. The molecule has 12 rings (SSSR count). The summed E-state index contributed by atoms with van der Waals surface area (Å²) in [5.74, 6) is 0. The Bertz CT molecular complexity index is 3180. The lowest BCUT2D eigenvalue weighted by Crippen LogP contribution is -1.89. The van der Waals surface area contributed by atoms with Crippen molar-refractivity contribution in [2.45, 2.75) is 0 Å². The quantitative estimate of drug-likeness (QED) is 0.184. The van der Waals surface area contributed by atoms with Crippen LogP contribution in [0.3, 0.4) is 0 Å². The molecule has 250 valence electrons. The normalized spacial score (nSPS) is 12.1. The average molecular weight is 692 g/mol. The maximum absolute atomic E-state index is 9.63. The van der Waals surface area contributed by atoms with E-state index in [1.165, 1.54) is 0 Å². The molecule has 5 nitrogen and oxygen atoms in total. The van der Waals surface area contributed by atoms with Gasteiger partial charge in [-0.3, -0.25) is 0 Å². The number of furan rings is 4. The molecule has 0 aliphatic heterocycles. The summed E-state index contributed by atoms with van der Waals surface area (Å²) in [6.45, 7) is 0. The van der Waals surface area contributed by atoms with Crippen LogP contribution in [-0.4, -0.2) is 0 Å². The topological polar surface area (TPSA) is 76.3 Å². The summed E-state index contributed by atoms with van der Waals surface area (Å²) < 4.78 is 27.0. The van der Waals surface area contributed by atoms with Crippen molar-refractivity contribution in [2.24, 2.45) is 0 Å². The predicted octanol–water partition coefficient (Wildman–Crippen LogP) is 14.2. The first kappa shape index (κ1) is 29.1. The Labute approximate surface area is 306 Å². The van der Waals surface area contributed by atoms with Crippen molar-refractivity contribution in [3.05, 3.63) is 157 Å². The predicted molar refractivity (Wildman–Crippen MR) is 217 cm³/mol. The van der Waals surface area contributed by atoms with E-state index in [1.54, 1.807) is 0 Å². The summed E-state index contributed by atoms with van der Waals surface area (Å²) in [6, 6.07) is 53.6. The highest BCUT2D eigenvalue weighted by molar-refractivity contribution is 6.24. The van der Waals surface area contributed by atoms with Gasteiger partial charge in [-0.15, -0.1) is 0 Å². The fourth-order valence-corrected chi connectivity index (χ4v) is 8.42. The van der Waals surface area contributed by atoms with Crippen molar-refractivity contribution >= 4 is 87.8 Å². The summed E-state index contributed by atoms with van der Waals surface area (Å²) in [7, 11) is 0. The van der Waals surface area contributed by atoms with Crippen molar-refractivity contribution in [3.8, 4) is 39.4 Å². The average Bonchev–Trinajstić information content (AvgIpc) is 3.99. The van der Waals surface area contributed by atoms with E-state index in [0.717, 1.165) is 121 Å². The smallest absolute Gasteiger partial charge is 0.147 e. The first-order chi connectivity index (χ1) is 26.7. The molecule has 5 heteroatoms. The lowest BCUT2D eigenvalue weighted by molar-refractivity contribution is 0.657. The van der Waals surface area contributed by atoms with Crippen LogP contribution in [0, 0.1) is 11.3 Å². The minimum absolute atomic E-state index is 0.599. The molecule has 0 aliphatic carbocycles. The maximum atomic E-state index is 9.63. The molecular formula is C49H25NO4. The fourth-order valence-electron chi connectivity index (χ4n) is 8.42. The van der Waals surface area contributed by atoms with E-state index in [0.29, 0.717) is 5.56 Å². The van der Waals surface area contributed by atoms with Gasteiger partial charge < -0.3 is 17.7 Å². The van der Waals surface area contributed by atoms with E-state index in [9.17, 15) is 5.26 Å². The minimum Gasteiger partial charge on any atom is -0.455 e. The van der Waals surface area contributed by atoms with Gasteiger partial charge in [-0.05, 0) is 89.0 Å². The lowest BCUT2D eigenvalue weighted by Gasteiger charge is -2.13. The Morgan fingerprint density at radius 2 is 0.648 bits per heavy atom. The molecule has 0 bridgehead atoms. The van der Waals surface area contributed by atoms with Crippen LogP contribution in [0.1, 0.15) is 5.56 Å². The molecule has 4 heterocycles. The van der Waals surface area contributed by atoms with Crippen molar-refractivity contribution in [1.29, 1.82) is 5.26 Å². The molecule has 0 fully saturated rings. The Balaban J connectivity index is 1.26. The zero-order valence-corrected chi connectivity index (χ0v) is 28.5. The monoisotopic (exact) mass is 691 g/mol. The van der Waals surface area contributed by atoms with Crippen LogP contribution in [0.2, 0.25) is 0 Å². The number of nitrogens with zero attached hydrogens (tertiary/aromatic N) is 1. The third kappa shape index (κ3) is 4.02. The Morgan fingerprint density at radius 1 is 0.315 bits per heavy atom. The molecular weight excluding hydrogens is 667 g/mol. The summed E-state index contributed by atoms with van der Waals surface area (Å²) >= 11 is 0. The molecule has 0 aliphatic rings. The van der Waals surface area contributed by atoms with E-state index in [-0.39, 0.29) is 0 Å². The SMILES string of the molecule is N#Cc1ccc(-c2cc(-c3c4oc5ccccc5c4cc4c3oc3ccccc34)cc(-c3c4oc5ccccc5c4cc4c3oc3ccccc34)c2)cc1. The number of hydrogen-bond acceptors (Lipinski definition) is 5. The molecule has 0 saturated carbocycles. The van der Waals surface area contributed by atoms with Crippen LogP contribution in [0.15, 0.2) is 169 Å². The Hall–Kier alpha value is -7.55. The third-order valence-corrected chi connectivity index (χ3v) is 10.9. The first-order valence-corrected chi connectivity index (χ1v) is 17.9. The highest BCUT2D eigenvalue weighted by Gasteiger charge is 2.25. The molecule has 0 unspecified atom stereocenters. The van der Waals surface area contributed by atoms with Crippen LogP contribution < -0.4 is 0 Å². The van der Waals surface area contributed by atoms with Crippen LogP contribution in [0.4, 0.5) is 0 Å². The van der Waals surface area contributed by atoms with Crippen molar-refractivity contribution < 1.29 is 17.7 Å². The van der Waals surface area contributed by atoms with E-state index < -0.39 is 0 Å². The Morgan fingerprint density at radius 3 is 1.00 bits per heavy atom. The number of rotatable bonds is 3. The van der Waals surface area contributed by atoms with Gasteiger partial charge in [-0.1, -0.05) is 84.9 Å². The second-order valence-corrected chi connectivity index (χ2v) is 13.9. The molecule has 0 N–H and O–H groups in total. The molecule has 12 aromatic rings. The van der Waals surface area contributed by atoms with E-state index in [1.807, 2.05) is 97.1 Å². The second-order valence-electron chi connectivity index (χ2n) is 13.9. The van der Waals surface area contributed by atoms with Crippen LogP contribution in [0.5, 0.6) is 0 Å². The van der Waals surface area contributed by atoms with Crippen molar-refractivity contribution in [1.82, 2.24) is 0 Å². The van der Waals surface area contributed by atoms with E-state index >= 15 is 0 Å². The van der Waals surface area contributed by atoms with Crippen LogP contribution in [-0.2, 0) is 0 Å². The third-order valence-electron chi connectivity index (χ3n) is 10.9. The highest BCUT2D eigenvalue weighted by atomic mass is 16.4. The van der Waals surface area contributed by atoms with E-state index in [2.05, 4.69) is 60.7 Å². The number of benzene rings is 8. The van der Waals surface area contributed by atoms with Gasteiger partial charge in [0.15, 0.2) is 0 Å². The second kappa shape index (κ2) is 10.7. The van der Waals surface area contributed by atoms with Crippen molar-refractivity contribution in [3.63, 3.8) is 0 Å². The van der Waals surface area contributed by atoms with Crippen LogP contribution in [0.25, 0.3) is 121 Å². The molecule has 0 spiro atoms. The van der Waals surface area contributed by atoms with Gasteiger partial charge in [0.2, 0.25) is 0 Å². The lowest BCUT2D eigenvalue weighted by atomic mass is 9.90. The largest absolute Gasteiger partial charge is 0.455 e. The van der Waals surface area contributed by atoms with Gasteiger partial charge in [-0.25, -0.2) is 0 Å². The van der Waals surface area contributed by atoms with Gasteiger partial charge in [0, 0.05) is 43.1 Å². The van der Waals surface area contributed by atoms with Gasteiger partial charge in [-0.2, -0.15) is 5.26 Å². The first-order valence-electron chi connectivity index (χ1n) is 17.9. The fraction of sp³-hybridized carbons (Fsp3) is 0. The standard InChI is InChI=1S/C49H25NO4/c50-26-27-17-19-28(20-18-27)29-21-30(44-46-36(32-9-1-5-13-40(32)51-46)24-37-33-10-2-6-14-41(33)52-47(37)44)23-31(22-29)45-48-38(34-11-3-7-15-42(34)53-48)25-39-35-12-4-8-16-43(35)54-49(39)45/h1-25H. The zero-order valence-electron chi connectivity index (χ0n) is 28.5. The molecule has 0 radical (unpaired) electrons. The molecule has 0 atom stereocenters. The molecule has 54 heavy (non-hydrogen) atoms. The zero-order chi connectivity index (χ0) is 35.5. The minimum atomic E-state index is 0.599. The number of fused-ring (bicyclic) bond motifs is 12. The molecule has 0 amide bonds. The number of nitriles is 1.